The Morgan fingerprint density at radius 3 is 2.43 bits per heavy atom. The molecule has 0 radical (unpaired) electrons. The van der Waals surface area contributed by atoms with Crippen molar-refractivity contribution < 1.29 is 19.1 Å². The zero-order valence-electron chi connectivity index (χ0n) is 16.8. The minimum absolute atomic E-state index is 0.0162. The van der Waals surface area contributed by atoms with Gasteiger partial charge < -0.3 is 14.4 Å². The third kappa shape index (κ3) is 4.59. The predicted octanol–water partition coefficient (Wildman–Crippen LogP) is 2.21. The van der Waals surface area contributed by atoms with Crippen molar-refractivity contribution in [3.8, 4) is 5.69 Å². The minimum Gasteiger partial charge on any atom is -0.455 e. The Labute approximate surface area is 165 Å². The van der Waals surface area contributed by atoms with E-state index in [4.69, 9.17) is 9.47 Å². The van der Waals surface area contributed by atoms with Crippen LogP contribution in [0, 0.1) is 13.8 Å². The number of aryl methyl sites for hydroxylation is 1. The van der Waals surface area contributed by atoms with E-state index < -0.39 is 5.97 Å². The summed E-state index contributed by atoms with van der Waals surface area (Å²) >= 11 is 0. The normalized spacial score (nSPS) is 19.5. The van der Waals surface area contributed by atoms with Gasteiger partial charge in [-0.3, -0.25) is 9.59 Å². The molecule has 7 nitrogen and oxygen atoms in total. The summed E-state index contributed by atoms with van der Waals surface area (Å²) in [6.07, 6.45) is 0.0586. The fraction of sp³-hybridized carbons (Fsp3) is 0.476. The predicted molar refractivity (Wildman–Crippen MR) is 104 cm³/mol. The molecule has 0 bridgehead atoms. The lowest BCUT2D eigenvalue weighted by Gasteiger charge is -2.35. The second kappa shape index (κ2) is 8.56. The van der Waals surface area contributed by atoms with Gasteiger partial charge in [-0.05, 0) is 39.8 Å². The average Bonchev–Trinajstić information content (AvgIpc) is 2.94. The number of ether oxygens (including phenoxy) is 2. The van der Waals surface area contributed by atoms with Crippen LogP contribution in [0.5, 0.6) is 0 Å². The van der Waals surface area contributed by atoms with Crippen LogP contribution in [0.3, 0.4) is 0 Å². The molecule has 0 aliphatic carbocycles. The average molecular weight is 385 g/mol. The quantitative estimate of drug-likeness (QED) is 0.738. The largest absolute Gasteiger partial charge is 0.455 e. The van der Waals surface area contributed by atoms with Crippen LogP contribution in [-0.2, 0) is 25.5 Å². The second-order valence-corrected chi connectivity index (χ2v) is 7.29. The van der Waals surface area contributed by atoms with Gasteiger partial charge in [0, 0.05) is 24.3 Å². The lowest BCUT2D eigenvalue weighted by Crippen LogP contribution is -2.49. The number of para-hydroxylation sites is 1. The number of benzene rings is 1. The van der Waals surface area contributed by atoms with Gasteiger partial charge >= 0.3 is 5.97 Å². The first-order valence-electron chi connectivity index (χ1n) is 9.54. The number of amides is 1. The molecule has 0 N–H and O–H groups in total. The number of morpholine rings is 1. The number of hydrogen-bond acceptors (Lipinski definition) is 5. The molecule has 2 aromatic rings. The molecular weight excluding hydrogens is 358 g/mol. The van der Waals surface area contributed by atoms with Gasteiger partial charge in [0.05, 0.1) is 30.0 Å². The van der Waals surface area contributed by atoms with Crippen molar-refractivity contribution in [1.82, 2.24) is 14.7 Å². The molecule has 1 aromatic heterocycles. The minimum atomic E-state index is -0.429. The Morgan fingerprint density at radius 1 is 1.14 bits per heavy atom. The van der Waals surface area contributed by atoms with Crippen LogP contribution < -0.4 is 0 Å². The number of carbonyl (C=O) groups excluding carboxylic acids is 2. The van der Waals surface area contributed by atoms with E-state index in [0.29, 0.717) is 13.1 Å². The molecule has 7 heteroatoms. The monoisotopic (exact) mass is 385 g/mol. The van der Waals surface area contributed by atoms with E-state index in [1.807, 2.05) is 62.7 Å². The van der Waals surface area contributed by atoms with Crippen molar-refractivity contribution in [2.45, 2.75) is 46.3 Å². The third-order valence-corrected chi connectivity index (χ3v) is 4.89. The summed E-state index contributed by atoms with van der Waals surface area (Å²) in [6, 6.07) is 9.76. The van der Waals surface area contributed by atoms with E-state index >= 15 is 0 Å². The number of esters is 1. The Bertz CT molecular complexity index is 837. The van der Waals surface area contributed by atoms with Gasteiger partial charge in [-0.15, -0.1) is 0 Å². The fourth-order valence-corrected chi connectivity index (χ4v) is 3.56. The van der Waals surface area contributed by atoms with Gasteiger partial charge in [0.15, 0.2) is 6.61 Å². The van der Waals surface area contributed by atoms with Gasteiger partial charge in [-0.2, -0.15) is 5.10 Å². The van der Waals surface area contributed by atoms with Crippen LogP contribution >= 0.6 is 0 Å². The number of aromatic nitrogens is 2. The SMILES string of the molecule is Cc1nn(-c2ccccc2)c(C)c1CC(=O)OCC(=O)N1C[C@H](C)O[C@@H](C)C1. The molecule has 1 aromatic carbocycles. The van der Waals surface area contributed by atoms with E-state index in [0.717, 1.165) is 22.6 Å². The topological polar surface area (TPSA) is 73.7 Å². The summed E-state index contributed by atoms with van der Waals surface area (Å²) < 4.78 is 12.7. The van der Waals surface area contributed by atoms with Crippen LogP contribution in [0.4, 0.5) is 0 Å². The first kappa shape index (κ1) is 20.1. The second-order valence-electron chi connectivity index (χ2n) is 7.29. The summed E-state index contributed by atoms with van der Waals surface area (Å²) in [4.78, 5) is 26.4. The maximum Gasteiger partial charge on any atom is 0.310 e. The highest BCUT2D eigenvalue weighted by molar-refractivity contribution is 5.81. The molecular formula is C21H27N3O4. The van der Waals surface area contributed by atoms with E-state index in [9.17, 15) is 9.59 Å². The highest BCUT2D eigenvalue weighted by Crippen LogP contribution is 2.19. The molecule has 2 atom stereocenters. The van der Waals surface area contributed by atoms with Crippen LogP contribution in [-0.4, -0.2) is 58.5 Å². The molecule has 1 fully saturated rings. The number of rotatable bonds is 5. The Morgan fingerprint density at radius 2 is 1.79 bits per heavy atom. The van der Waals surface area contributed by atoms with Crippen molar-refractivity contribution in [3.63, 3.8) is 0 Å². The van der Waals surface area contributed by atoms with Gasteiger partial charge in [-0.25, -0.2) is 4.68 Å². The molecule has 3 rings (SSSR count). The molecule has 1 saturated heterocycles. The standard InChI is InChI=1S/C21H27N3O4/c1-14-11-23(12-15(2)28-14)20(25)13-27-21(26)10-19-16(3)22-24(17(19)4)18-8-6-5-7-9-18/h5-9,14-15H,10-13H2,1-4H3/t14-,15-/m0/s1. The van der Waals surface area contributed by atoms with E-state index in [-0.39, 0.29) is 31.1 Å². The van der Waals surface area contributed by atoms with Crippen LogP contribution in [0.15, 0.2) is 30.3 Å². The molecule has 150 valence electrons. The molecule has 28 heavy (non-hydrogen) atoms. The Balaban J connectivity index is 1.59. The summed E-state index contributed by atoms with van der Waals surface area (Å²) in [5, 5.41) is 4.54. The number of carbonyl (C=O) groups is 2. The lowest BCUT2D eigenvalue weighted by molar-refractivity contribution is -0.156. The van der Waals surface area contributed by atoms with Crippen molar-refractivity contribution >= 4 is 11.9 Å². The first-order chi connectivity index (χ1) is 13.3. The molecule has 0 spiro atoms. The molecule has 2 heterocycles. The van der Waals surface area contributed by atoms with Crippen LogP contribution in [0.25, 0.3) is 5.69 Å². The van der Waals surface area contributed by atoms with Crippen molar-refractivity contribution in [1.29, 1.82) is 0 Å². The fourth-order valence-electron chi connectivity index (χ4n) is 3.56. The van der Waals surface area contributed by atoms with E-state index in [1.165, 1.54) is 0 Å². The van der Waals surface area contributed by atoms with Gasteiger partial charge in [0.25, 0.3) is 5.91 Å². The van der Waals surface area contributed by atoms with Crippen LogP contribution in [0.2, 0.25) is 0 Å². The number of nitrogens with zero attached hydrogens (tertiary/aromatic N) is 3. The summed E-state index contributed by atoms with van der Waals surface area (Å²) in [5.41, 5.74) is 3.44. The van der Waals surface area contributed by atoms with Gasteiger partial charge in [0.2, 0.25) is 0 Å². The Hall–Kier alpha value is -2.67. The third-order valence-electron chi connectivity index (χ3n) is 4.89. The molecule has 1 amide bonds. The lowest BCUT2D eigenvalue weighted by atomic mass is 10.1. The van der Waals surface area contributed by atoms with Crippen molar-refractivity contribution in [3.05, 3.63) is 47.3 Å². The highest BCUT2D eigenvalue weighted by Gasteiger charge is 2.26. The summed E-state index contributed by atoms with van der Waals surface area (Å²) in [5.74, 6) is -0.620. The molecule has 1 aliphatic rings. The van der Waals surface area contributed by atoms with E-state index in [2.05, 4.69) is 5.10 Å². The number of hydrogen-bond donors (Lipinski definition) is 0. The maximum absolute atomic E-state index is 12.3. The zero-order valence-corrected chi connectivity index (χ0v) is 16.8. The van der Waals surface area contributed by atoms with Crippen LogP contribution in [0.1, 0.15) is 30.8 Å². The van der Waals surface area contributed by atoms with Crippen molar-refractivity contribution in [2.24, 2.45) is 0 Å². The van der Waals surface area contributed by atoms with Gasteiger partial charge in [0.1, 0.15) is 0 Å². The highest BCUT2D eigenvalue weighted by atomic mass is 16.5. The zero-order chi connectivity index (χ0) is 20.3. The van der Waals surface area contributed by atoms with Gasteiger partial charge in [-0.1, -0.05) is 18.2 Å². The molecule has 0 saturated carbocycles. The van der Waals surface area contributed by atoms with E-state index in [1.54, 1.807) is 4.90 Å². The summed E-state index contributed by atoms with van der Waals surface area (Å²) in [6.45, 7) is 8.44. The van der Waals surface area contributed by atoms with Crippen molar-refractivity contribution in [2.75, 3.05) is 19.7 Å². The molecule has 1 aliphatic heterocycles. The molecule has 0 unspecified atom stereocenters. The summed E-state index contributed by atoms with van der Waals surface area (Å²) in [7, 11) is 0. The maximum atomic E-state index is 12.3. The Kier molecular flexibility index (Phi) is 6.14. The smallest absolute Gasteiger partial charge is 0.310 e. The first-order valence-corrected chi connectivity index (χ1v) is 9.54.